The highest BCUT2D eigenvalue weighted by Gasteiger charge is 2.33. The van der Waals surface area contributed by atoms with Gasteiger partial charge in [0.05, 0.1) is 6.54 Å². The number of alkyl halides is 3. The number of nitrogens with zero attached hydrogens (tertiary/aromatic N) is 1. The number of likely N-dealkylation sites (tertiary alicyclic amines) is 1. The van der Waals surface area contributed by atoms with Crippen molar-refractivity contribution in [1.82, 2.24) is 10.2 Å². The molecule has 1 saturated heterocycles. The van der Waals surface area contributed by atoms with Crippen LogP contribution in [0.15, 0.2) is 27.4 Å². The van der Waals surface area contributed by atoms with Crippen LogP contribution in [0.4, 0.5) is 13.2 Å². The summed E-state index contributed by atoms with van der Waals surface area (Å²) >= 11 is 0. The molecule has 1 aromatic carbocycles. The molecule has 0 aliphatic carbocycles. The predicted molar refractivity (Wildman–Crippen MR) is 113 cm³/mol. The van der Waals surface area contributed by atoms with Gasteiger partial charge in [0, 0.05) is 24.0 Å². The number of fused-ring (bicyclic) bond motifs is 1. The van der Waals surface area contributed by atoms with E-state index in [0.29, 0.717) is 37.1 Å². The normalized spacial score (nSPS) is 17.7. The summed E-state index contributed by atoms with van der Waals surface area (Å²) in [6.45, 7) is 8.98. The van der Waals surface area contributed by atoms with Crippen molar-refractivity contribution in [2.24, 2.45) is 5.92 Å². The first kappa shape index (κ1) is 22.8. The zero-order valence-electron chi connectivity index (χ0n) is 18.1. The Morgan fingerprint density at radius 3 is 2.43 bits per heavy atom. The molecule has 1 aromatic heterocycles. The quantitative estimate of drug-likeness (QED) is 0.665. The van der Waals surface area contributed by atoms with Gasteiger partial charge in [-0.05, 0) is 80.4 Å². The number of piperidine rings is 1. The molecule has 7 heteroatoms. The summed E-state index contributed by atoms with van der Waals surface area (Å²) in [5, 5.41) is 4.43. The third-order valence-corrected chi connectivity index (χ3v) is 6.20. The van der Waals surface area contributed by atoms with Gasteiger partial charge in [0.1, 0.15) is 5.58 Å². The molecule has 2 heterocycles. The number of benzene rings is 1. The third kappa shape index (κ3) is 5.64. The summed E-state index contributed by atoms with van der Waals surface area (Å²) in [7, 11) is 0. The highest BCUT2D eigenvalue weighted by Crippen LogP contribution is 2.28. The summed E-state index contributed by atoms with van der Waals surface area (Å²) < 4.78 is 43.2. The Balaban J connectivity index is 1.68. The van der Waals surface area contributed by atoms with Crippen LogP contribution in [0.5, 0.6) is 0 Å². The molecule has 0 amide bonds. The molecule has 4 nitrogen and oxygen atoms in total. The van der Waals surface area contributed by atoms with E-state index in [2.05, 4.69) is 32.2 Å². The second kappa shape index (κ2) is 9.10. The molecule has 30 heavy (non-hydrogen) atoms. The zero-order valence-corrected chi connectivity index (χ0v) is 18.1. The van der Waals surface area contributed by atoms with E-state index in [4.69, 9.17) is 4.42 Å². The smallest absolute Gasteiger partial charge is 0.401 e. The molecule has 2 aromatic rings. The summed E-state index contributed by atoms with van der Waals surface area (Å²) in [6, 6.07) is 5.72. The molecule has 0 bridgehead atoms. The maximum absolute atomic E-state index is 12.6. The monoisotopic (exact) mass is 424 g/mol. The van der Waals surface area contributed by atoms with Crippen molar-refractivity contribution in [1.29, 1.82) is 0 Å². The minimum Gasteiger partial charge on any atom is -0.423 e. The Hall–Kier alpha value is -1.86. The minimum absolute atomic E-state index is 0.148. The van der Waals surface area contributed by atoms with Gasteiger partial charge in [-0.2, -0.15) is 13.2 Å². The molecule has 1 fully saturated rings. The summed E-state index contributed by atoms with van der Waals surface area (Å²) in [5.41, 5.74) is 3.44. The molecule has 1 atom stereocenters. The number of aryl methyl sites for hydroxylation is 1. The molecule has 0 radical (unpaired) electrons. The first-order chi connectivity index (χ1) is 14.0. The Morgan fingerprint density at radius 1 is 1.17 bits per heavy atom. The number of nitrogens with one attached hydrogen (secondary N) is 1. The lowest BCUT2D eigenvalue weighted by atomic mass is 9.90. The Morgan fingerprint density at radius 2 is 1.83 bits per heavy atom. The average Bonchev–Trinajstić information content (AvgIpc) is 2.64. The molecule has 166 valence electrons. The van der Waals surface area contributed by atoms with Gasteiger partial charge in [-0.3, -0.25) is 4.90 Å². The van der Waals surface area contributed by atoms with E-state index >= 15 is 0 Å². The van der Waals surface area contributed by atoms with E-state index in [9.17, 15) is 18.0 Å². The fourth-order valence-electron chi connectivity index (χ4n) is 4.46. The SMILES string of the molecule is Cc1cc2oc(=O)cc(CN[C@H](C)C3CCN(CC(F)(F)F)CC3)c2cc1C(C)C. The van der Waals surface area contributed by atoms with E-state index in [-0.39, 0.29) is 11.7 Å². The van der Waals surface area contributed by atoms with Gasteiger partial charge in [0.15, 0.2) is 0 Å². The highest BCUT2D eigenvalue weighted by molar-refractivity contribution is 5.82. The third-order valence-electron chi connectivity index (χ3n) is 6.20. The van der Waals surface area contributed by atoms with Crippen LogP contribution in [0.3, 0.4) is 0 Å². The van der Waals surface area contributed by atoms with Gasteiger partial charge in [-0.25, -0.2) is 4.79 Å². The van der Waals surface area contributed by atoms with E-state index in [1.807, 2.05) is 13.0 Å². The van der Waals surface area contributed by atoms with Crippen LogP contribution >= 0.6 is 0 Å². The van der Waals surface area contributed by atoms with Gasteiger partial charge in [-0.1, -0.05) is 13.8 Å². The van der Waals surface area contributed by atoms with Crippen LogP contribution in [-0.4, -0.2) is 36.8 Å². The number of hydrogen-bond donors (Lipinski definition) is 1. The second-order valence-electron chi connectivity index (χ2n) is 8.85. The molecule has 1 aliphatic rings. The van der Waals surface area contributed by atoms with Crippen molar-refractivity contribution in [2.45, 2.75) is 65.2 Å². The topological polar surface area (TPSA) is 45.5 Å². The van der Waals surface area contributed by atoms with E-state index in [1.54, 1.807) is 0 Å². The summed E-state index contributed by atoms with van der Waals surface area (Å²) in [5.74, 6) is 0.678. The van der Waals surface area contributed by atoms with Crippen LogP contribution < -0.4 is 10.9 Å². The molecular weight excluding hydrogens is 393 g/mol. The standard InChI is InChI=1S/C23H31F3N2O2/c1-14(2)19-11-20-18(10-22(29)30-21(20)9-15(19)3)12-27-16(4)17-5-7-28(8-6-17)13-23(24,25)26/h9-11,14,16-17,27H,5-8,12-13H2,1-4H3/t16-/m1/s1. The van der Waals surface area contributed by atoms with Gasteiger partial charge in [0.25, 0.3) is 0 Å². The minimum atomic E-state index is -4.14. The second-order valence-corrected chi connectivity index (χ2v) is 8.85. The van der Waals surface area contributed by atoms with Gasteiger partial charge >= 0.3 is 11.8 Å². The maximum Gasteiger partial charge on any atom is 0.401 e. The Kier molecular flexibility index (Phi) is 6.92. The lowest BCUT2D eigenvalue weighted by Gasteiger charge is -2.35. The largest absolute Gasteiger partial charge is 0.423 e. The van der Waals surface area contributed by atoms with Crippen molar-refractivity contribution in [2.75, 3.05) is 19.6 Å². The van der Waals surface area contributed by atoms with Crippen LogP contribution in [-0.2, 0) is 6.54 Å². The highest BCUT2D eigenvalue weighted by atomic mass is 19.4. The lowest BCUT2D eigenvalue weighted by molar-refractivity contribution is -0.148. The van der Waals surface area contributed by atoms with Crippen LogP contribution in [0.25, 0.3) is 11.0 Å². The molecule has 1 aliphatic heterocycles. The molecule has 3 rings (SSSR count). The number of hydrogen-bond acceptors (Lipinski definition) is 4. The number of rotatable bonds is 6. The van der Waals surface area contributed by atoms with Crippen molar-refractivity contribution < 1.29 is 17.6 Å². The zero-order chi connectivity index (χ0) is 22.1. The van der Waals surface area contributed by atoms with E-state index in [0.717, 1.165) is 29.4 Å². The summed E-state index contributed by atoms with van der Waals surface area (Å²) in [4.78, 5) is 13.5. The van der Waals surface area contributed by atoms with Gasteiger partial charge in [-0.15, -0.1) is 0 Å². The van der Waals surface area contributed by atoms with Crippen LogP contribution in [0.2, 0.25) is 0 Å². The van der Waals surface area contributed by atoms with E-state index < -0.39 is 12.7 Å². The lowest BCUT2D eigenvalue weighted by Crippen LogP contribution is -2.44. The molecule has 0 unspecified atom stereocenters. The molecule has 0 spiro atoms. The van der Waals surface area contributed by atoms with Gasteiger partial charge in [0.2, 0.25) is 0 Å². The maximum atomic E-state index is 12.6. The van der Waals surface area contributed by atoms with Crippen molar-refractivity contribution in [3.8, 4) is 0 Å². The summed E-state index contributed by atoms with van der Waals surface area (Å²) in [6.07, 6.45) is -2.67. The molecule has 0 saturated carbocycles. The predicted octanol–water partition coefficient (Wildman–Crippen LogP) is 4.98. The van der Waals surface area contributed by atoms with Crippen molar-refractivity contribution in [3.05, 3.63) is 45.3 Å². The average molecular weight is 425 g/mol. The molecular formula is C23H31F3N2O2. The first-order valence-corrected chi connectivity index (χ1v) is 10.6. The van der Waals surface area contributed by atoms with E-state index in [1.165, 1.54) is 16.5 Å². The Labute approximate surface area is 175 Å². The number of halogens is 3. The van der Waals surface area contributed by atoms with Crippen LogP contribution in [0.1, 0.15) is 56.2 Å². The van der Waals surface area contributed by atoms with Crippen molar-refractivity contribution in [3.63, 3.8) is 0 Å². The fraction of sp³-hybridized carbons (Fsp3) is 0.609. The Bertz CT molecular complexity index is 928. The van der Waals surface area contributed by atoms with Gasteiger partial charge < -0.3 is 9.73 Å². The first-order valence-electron chi connectivity index (χ1n) is 10.6. The van der Waals surface area contributed by atoms with Crippen molar-refractivity contribution >= 4 is 11.0 Å². The fourth-order valence-corrected chi connectivity index (χ4v) is 4.46. The van der Waals surface area contributed by atoms with Crippen LogP contribution in [0, 0.1) is 12.8 Å². The molecule has 1 N–H and O–H groups in total.